The number of nitro benzene ring substituents is 1. The van der Waals surface area contributed by atoms with Crippen LogP contribution in [0, 0.1) is 10.1 Å². The number of hydrogen-bond acceptors (Lipinski definition) is 5. The Bertz CT molecular complexity index is 629. The fraction of sp³-hybridized carbons (Fsp3) is 0.267. The number of rotatable bonds is 5. The van der Waals surface area contributed by atoms with Crippen molar-refractivity contribution in [2.24, 2.45) is 0 Å². The fourth-order valence-corrected chi connectivity index (χ4v) is 2.09. The molecule has 0 radical (unpaired) electrons. The van der Waals surface area contributed by atoms with E-state index in [0.717, 1.165) is 5.69 Å². The molecule has 0 spiro atoms. The number of nitro groups is 1. The Morgan fingerprint density at radius 3 is 2.71 bits per heavy atom. The molecule has 21 heavy (non-hydrogen) atoms. The molecule has 2 aromatic rings. The van der Waals surface area contributed by atoms with Gasteiger partial charge in [-0.1, -0.05) is 12.1 Å². The minimum absolute atomic E-state index is 0.0215. The molecule has 110 valence electrons. The lowest BCUT2D eigenvalue weighted by molar-refractivity contribution is -0.384. The maximum atomic E-state index is 11.2. The Hall–Kier alpha value is -2.47. The van der Waals surface area contributed by atoms with Gasteiger partial charge in [0.2, 0.25) is 0 Å². The highest BCUT2D eigenvalue weighted by atomic mass is 16.6. The van der Waals surface area contributed by atoms with E-state index in [1.165, 1.54) is 6.07 Å². The van der Waals surface area contributed by atoms with Crippen LogP contribution in [-0.2, 0) is 6.54 Å². The molecule has 1 atom stereocenters. The van der Waals surface area contributed by atoms with E-state index in [1.807, 2.05) is 18.2 Å². The van der Waals surface area contributed by atoms with Gasteiger partial charge in [-0.15, -0.1) is 0 Å². The summed E-state index contributed by atoms with van der Waals surface area (Å²) >= 11 is 0. The van der Waals surface area contributed by atoms with Crippen molar-refractivity contribution in [3.8, 4) is 0 Å². The normalized spacial score (nSPS) is 12.0. The van der Waals surface area contributed by atoms with Crippen LogP contribution < -0.4 is 4.90 Å². The molecule has 0 aliphatic rings. The number of nitrogens with zero attached hydrogens (tertiary/aromatic N) is 3. The second kappa shape index (κ2) is 6.32. The van der Waals surface area contributed by atoms with Gasteiger partial charge in [0.25, 0.3) is 5.69 Å². The molecule has 6 heteroatoms. The van der Waals surface area contributed by atoms with Crippen LogP contribution in [0.5, 0.6) is 0 Å². The molecule has 1 aromatic heterocycles. The van der Waals surface area contributed by atoms with E-state index in [2.05, 4.69) is 4.98 Å². The molecule has 1 aromatic carbocycles. The molecule has 0 amide bonds. The van der Waals surface area contributed by atoms with E-state index in [4.69, 9.17) is 0 Å². The van der Waals surface area contributed by atoms with Gasteiger partial charge in [0.1, 0.15) is 5.69 Å². The molecular weight excluding hydrogens is 270 g/mol. The van der Waals surface area contributed by atoms with Crippen LogP contribution in [0.25, 0.3) is 0 Å². The molecule has 0 aliphatic carbocycles. The van der Waals surface area contributed by atoms with Gasteiger partial charge >= 0.3 is 0 Å². The lowest BCUT2D eigenvalue weighted by Crippen LogP contribution is -2.18. The minimum atomic E-state index is -0.737. The van der Waals surface area contributed by atoms with Crippen molar-refractivity contribution < 1.29 is 10.0 Å². The van der Waals surface area contributed by atoms with Crippen LogP contribution in [0.2, 0.25) is 0 Å². The van der Waals surface area contributed by atoms with Gasteiger partial charge in [-0.3, -0.25) is 15.1 Å². The van der Waals surface area contributed by atoms with Gasteiger partial charge in [0.15, 0.2) is 0 Å². The number of aliphatic hydroxyl groups is 1. The van der Waals surface area contributed by atoms with Crippen LogP contribution in [0.15, 0.2) is 42.6 Å². The molecule has 0 bridgehead atoms. The zero-order chi connectivity index (χ0) is 15.4. The number of aromatic nitrogens is 1. The Morgan fingerprint density at radius 2 is 2.14 bits per heavy atom. The molecule has 0 fully saturated rings. The Kier molecular flexibility index (Phi) is 4.49. The Balaban J connectivity index is 2.32. The number of aliphatic hydroxyl groups excluding tert-OH is 1. The number of pyridine rings is 1. The molecule has 0 unspecified atom stereocenters. The average molecular weight is 287 g/mol. The van der Waals surface area contributed by atoms with Crippen molar-refractivity contribution in [3.63, 3.8) is 0 Å². The maximum Gasteiger partial charge on any atom is 0.292 e. The number of benzene rings is 1. The molecule has 1 N–H and O–H groups in total. The van der Waals surface area contributed by atoms with Crippen molar-refractivity contribution >= 4 is 11.4 Å². The lowest BCUT2D eigenvalue weighted by Gasteiger charge is -2.19. The minimum Gasteiger partial charge on any atom is -0.389 e. The van der Waals surface area contributed by atoms with Crippen molar-refractivity contribution in [2.45, 2.75) is 19.6 Å². The van der Waals surface area contributed by atoms with E-state index >= 15 is 0 Å². The summed E-state index contributed by atoms with van der Waals surface area (Å²) < 4.78 is 0. The summed E-state index contributed by atoms with van der Waals surface area (Å²) in [6.07, 6.45) is 0.951. The van der Waals surface area contributed by atoms with Crippen molar-refractivity contribution in [2.75, 3.05) is 11.9 Å². The van der Waals surface area contributed by atoms with E-state index in [0.29, 0.717) is 17.8 Å². The smallest absolute Gasteiger partial charge is 0.292 e. The first-order valence-electron chi connectivity index (χ1n) is 6.56. The summed E-state index contributed by atoms with van der Waals surface area (Å²) in [6, 6.07) is 10.3. The summed E-state index contributed by atoms with van der Waals surface area (Å²) in [4.78, 5) is 16.8. The van der Waals surface area contributed by atoms with E-state index < -0.39 is 11.0 Å². The Labute approximate surface area is 122 Å². The lowest BCUT2D eigenvalue weighted by atomic mass is 10.1. The first-order chi connectivity index (χ1) is 9.99. The summed E-state index contributed by atoms with van der Waals surface area (Å²) in [5, 5.41) is 20.8. The highest BCUT2D eigenvalue weighted by Gasteiger charge is 2.19. The summed E-state index contributed by atoms with van der Waals surface area (Å²) in [5.41, 5.74) is 1.83. The van der Waals surface area contributed by atoms with Gasteiger partial charge in [-0.25, -0.2) is 0 Å². The van der Waals surface area contributed by atoms with Gasteiger partial charge in [-0.05, 0) is 30.7 Å². The predicted molar refractivity (Wildman–Crippen MR) is 80.1 cm³/mol. The molecule has 2 rings (SSSR count). The van der Waals surface area contributed by atoms with Crippen LogP contribution in [0.4, 0.5) is 11.4 Å². The zero-order valence-electron chi connectivity index (χ0n) is 11.9. The number of anilines is 1. The molecule has 0 saturated heterocycles. The van der Waals surface area contributed by atoms with E-state index in [1.54, 1.807) is 37.2 Å². The fourth-order valence-electron chi connectivity index (χ4n) is 2.09. The van der Waals surface area contributed by atoms with Crippen molar-refractivity contribution in [1.82, 2.24) is 4.98 Å². The van der Waals surface area contributed by atoms with Crippen LogP contribution in [-0.4, -0.2) is 22.1 Å². The zero-order valence-corrected chi connectivity index (χ0v) is 11.9. The second-order valence-corrected chi connectivity index (χ2v) is 4.86. The first-order valence-corrected chi connectivity index (χ1v) is 6.56. The Morgan fingerprint density at radius 1 is 1.38 bits per heavy atom. The molecule has 1 heterocycles. The third kappa shape index (κ3) is 3.55. The third-order valence-electron chi connectivity index (χ3n) is 3.22. The van der Waals surface area contributed by atoms with Crippen molar-refractivity contribution in [1.29, 1.82) is 0 Å². The van der Waals surface area contributed by atoms with Crippen LogP contribution in [0.1, 0.15) is 24.3 Å². The molecule has 0 saturated carbocycles. The molecule has 0 aliphatic heterocycles. The monoisotopic (exact) mass is 287 g/mol. The van der Waals surface area contributed by atoms with Crippen LogP contribution >= 0.6 is 0 Å². The highest BCUT2D eigenvalue weighted by molar-refractivity contribution is 5.64. The van der Waals surface area contributed by atoms with Crippen LogP contribution in [0.3, 0.4) is 0 Å². The van der Waals surface area contributed by atoms with Gasteiger partial charge in [0.05, 0.1) is 23.3 Å². The summed E-state index contributed by atoms with van der Waals surface area (Å²) in [7, 11) is 1.78. The van der Waals surface area contributed by atoms with E-state index in [9.17, 15) is 15.2 Å². The average Bonchev–Trinajstić information content (AvgIpc) is 2.47. The van der Waals surface area contributed by atoms with E-state index in [-0.39, 0.29) is 5.69 Å². The predicted octanol–water partition coefficient (Wildman–Crippen LogP) is 2.68. The van der Waals surface area contributed by atoms with Crippen molar-refractivity contribution in [3.05, 3.63) is 64.0 Å². The largest absolute Gasteiger partial charge is 0.389 e. The highest BCUT2D eigenvalue weighted by Crippen LogP contribution is 2.31. The topological polar surface area (TPSA) is 79.5 Å². The summed E-state index contributed by atoms with van der Waals surface area (Å²) in [6.45, 7) is 2.05. The van der Waals surface area contributed by atoms with Gasteiger partial charge < -0.3 is 10.0 Å². The maximum absolute atomic E-state index is 11.2. The molecular formula is C15H17N3O3. The molecule has 6 nitrogen and oxygen atoms in total. The number of hydrogen-bond donors (Lipinski definition) is 1. The SMILES string of the molecule is C[C@H](O)c1ccc(N(C)Cc2ccccn2)c([N+](=O)[O-])c1. The second-order valence-electron chi connectivity index (χ2n) is 4.86. The first kappa shape index (κ1) is 14.9. The van der Waals surface area contributed by atoms with Gasteiger partial charge in [0, 0.05) is 19.3 Å². The summed E-state index contributed by atoms with van der Waals surface area (Å²) in [5.74, 6) is 0. The van der Waals surface area contributed by atoms with Gasteiger partial charge in [-0.2, -0.15) is 0 Å². The third-order valence-corrected chi connectivity index (χ3v) is 3.22. The standard InChI is InChI=1S/C15H17N3O3/c1-11(19)12-6-7-14(15(9-12)18(20)21)17(2)10-13-5-3-4-8-16-13/h3-9,11,19H,10H2,1-2H3/t11-/m0/s1. The quantitative estimate of drug-likeness (QED) is 0.675.